The van der Waals surface area contributed by atoms with Crippen molar-refractivity contribution >= 4 is 21.9 Å². The van der Waals surface area contributed by atoms with Crippen molar-refractivity contribution in [2.45, 2.75) is 25.4 Å². The molecule has 0 aliphatic carbocycles. The zero-order valence-electron chi connectivity index (χ0n) is 11.0. The summed E-state index contributed by atoms with van der Waals surface area (Å²) in [6.07, 6.45) is 2.34. The predicted molar refractivity (Wildman–Crippen MR) is 78.5 cm³/mol. The molecule has 19 heavy (non-hydrogen) atoms. The van der Waals surface area contributed by atoms with Crippen LogP contribution in [0, 0.1) is 0 Å². The Hall–Kier alpha value is -0.910. The van der Waals surface area contributed by atoms with Gasteiger partial charge >= 0.3 is 5.97 Å². The normalized spacial score (nSPS) is 17.6. The Morgan fingerprint density at radius 3 is 2.74 bits per heavy atom. The molecule has 0 bridgehead atoms. The van der Waals surface area contributed by atoms with E-state index in [-0.39, 0.29) is 0 Å². The molecule has 1 heterocycles. The molecule has 2 rings (SSSR count). The number of nitrogens with zero attached hydrogens (tertiary/aromatic N) is 1. The number of carbonyl (C=O) groups is 1. The third kappa shape index (κ3) is 4.03. The highest BCUT2D eigenvalue weighted by Crippen LogP contribution is 2.19. The monoisotopic (exact) mass is 326 g/mol. The number of carboxylic acid groups (broad SMARTS) is 1. The molecular weight excluding hydrogens is 308 g/mol. The summed E-state index contributed by atoms with van der Waals surface area (Å²) >= 11 is 3.44. The highest BCUT2D eigenvalue weighted by molar-refractivity contribution is 9.10. The Kier molecular flexibility index (Phi) is 4.96. The molecule has 0 unspecified atom stereocenters. The fourth-order valence-electron chi connectivity index (χ4n) is 2.29. The Morgan fingerprint density at radius 1 is 1.47 bits per heavy atom. The largest absolute Gasteiger partial charge is 0.478 e. The van der Waals surface area contributed by atoms with Crippen LogP contribution in [0.2, 0.25) is 0 Å². The molecule has 0 spiro atoms. The van der Waals surface area contributed by atoms with Crippen molar-refractivity contribution < 1.29 is 9.90 Å². The van der Waals surface area contributed by atoms with Gasteiger partial charge in [0.25, 0.3) is 0 Å². The number of hydrogen-bond donors (Lipinski definition) is 2. The average Bonchev–Trinajstić information content (AvgIpc) is 2.39. The van der Waals surface area contributed by atoms with E-state index in [4.69, 9.17) is 5.11 Å². The quantitative estimate of drug-likeness (QED) is 0.891. The van der Waals surface area contributed by atoms with Gasteiger partial charge in [-0.1, -0.05) is 22.0 Å². The van der Waals surface area contributed by atoms with Crippen LogP contribution in [0.3, 0.4) is 0 Å². The maximum atomic E-state index is 10.9. The van der Waals surface area contributed by atoms with E-state index < -0.39 is 5.97 Å². The fraction of sp³-hybridized carbons (Fsp3) is 0.500. The van der Waals surface area contributed by atoms with Crippen LogP contribution in [-0.2, 0) is 6.54 Å². The molecule has 0 atom stereocenters. The van der Waals surface area contributed by atoms with E-state index >= 15 is 0 Å². The highest BCUT2D eigenvalue weighted by Gasteiger charge is 2.16. The van der Waals surface area contributed by atoms with Crippen LogP contribution in [0.15, 0.2) is 22.7 Å². The Bertz CT molecular complexity index is 457. The van der Waals surface area contributed by atoms with Gasteiger partial charge in [0.2, 0.25) is 0 Å². The van der Waals surface area contributed by atoms with Gasteiger partial charge < -0.3 is 15.3 Å². The van der Waals surface area contributed by atoms with Gasteiger partial charge in [0.1, 0.15) is 0 Å². The lowest BCUT2D eigenvalue weighted by Gasteiger charge is -2.29. The average molecular weight is 327 g/mol. The third-order valence-electron chi connectivity index (χ3n) is 3.60. The second-order valence-corrected chi connectivity index (χ2v) is 5.92. The molecule has 1 aromatic carbocycles. The number of carboxylic acids is 1. The van der Waals surface area contributed by atoms with Crippen LogP contribution in [0.4, 0.5) is 0 Å². The molecule has 1 saturated heterocycles. The summed E-state index contributed by atoms with van der Waals surface area (Å²) in [7, 11) is 2.15. The first-order valence-electron chi connectivity index (χ1n) is 6.50. The van der Waals surface area contributed by atoms with Crippen molar-refractivity contribution in [3.8, 4) is 0 Å². The molecule has 1 aromatic rings. The molecule has 5 heteroatoms. The summed E-state index contributed by atoms with van der Waals surface area (Å²) in [5.41, 5.74) is 1.42. The van der Waals surface area contributed by atoms with Gasteiger partial charge in [-0.2, -0.15) is 0 Å². The van der Waals surface area contributed by atoms with Gasteiger partial charge in [0.15, 0.2) is 0 Å². The second-order valence-electron chi connectivity index (χ2n) is 5.07. The van der Waals surface area contributed by atoms with Crippen LogP contribution in [0.5, 0.6) is 0 Å². The van der Waals surface area contributed by atoms with E-state index in [1.165, 1.54) is 12.8 Å². The van der Waals surface area contributed by atoms with Gasteiger partial charge in [0, 0.05) is 17.1 Å². The number of likely N-dealkylation sites (tertiary alicyclic amines) is 1. The molecule has 1 aliphatic heterocycles. The summed E-state index contributed by atoms with van der Waals surface area (Å²) in [6, 6.07) is 5.74. The summed E-state index contributed by atoms with van der Waals surface area (Å²) < 4.78 is 0.854. The van der Waals surface area contributed by atoms with Gasteiger partial charge in [-0.25, -0.2) is 4.79 Å². The van der Waals surface area contributed by atoms with E-state index in [1.54, 1.807) is 12.1 Å². The number of aromatic carboxylic acids is 1. The van der Waals surface area contributed by atoms with Crippen LogP contribution < -0.4 is 5.32 Å². The van der Waals surface area contributed by atoms with Crippen LogP contribution in [0.25, 0.3) is 0 Å². The number of rotatable bonds is 4. The van der Waals surface area contributed by atoms with Crippen LogP contribution >= 0.6 is 15.9 Å². The van der Waals surface area contributed by atoms with Crippen molar-refractivity contribution in [2.24, 2.45) is 0 Å². The first-order chi connectivity index (χ1) is 9.06. The van der Waals surface area contributed by atoms with E-state index in [1.807, 2.05) is 6.07 Å². The van der Waals surface area contributed by atoms with E-state index in [2.05, 4.69) is 33.2 Å². The molecule has 1 aliphatic rings. The smallest absolute Gasteiger partial charge is 0.335 e. The second kappa shape index (κ2) is 6.50. The molecule has 0 saturated carbocycles. The lowest BCUT2D eigenvalue weighted by atomic mass is 10.0. The minimum Gasteiger partial charge on any atom is -0.478 e. The van der Waals surface area contributed by atoms with Crippen molar-refractivity contribution in [3.63, 3.8) is 0 Å². The first-order valence-corrected chi connectivity index (χ1v) is 7.29. The van der Waals surface area contributed by atoms with Crippen LogP contribution in [-0.4, -0.2) is 42.2 Å². The van der Waals surface area contributed by atoms with Crippen LogP contribution in [0.1, 0.15) is 28.8 Å². The maximum absolute atomic E-state index is 10.9. The number of halogens is 1. The molecule has 1 fully saturated rings. The molecular formula is C14H19BrN2O2. The SMILES string of the molecule is CN1CCC(NCc2ccc(C(=O)O)cc2Br)CC1. The van der Waals surface area contributed by atoms with Crippen molar-refractivity contribution in [1.29, 1.82) is 0 Å². The zero-order chi connectivity index (χ0) is 13.8. The Morgan fingerprint density at radius 2 is 2.16 bits per heavy atom. The summed E-state index contributed by atoms with van der Waals surface area (Å²) in [5, 5.41) is 12.5. The molecule has 2 N–H and O–H groups in total. The van der Waals surface area contributed by atoms with Crippen molar-refractivity contribution in [2.75, 3.05) is 20.1 Å². The number of nitrogens with one attached hydrogen (secondary N) is 1. The van der Waals surface area contributed by atoms with E-state index in [0.29, 0.717) is 11.6 Å². The minimum atomic E-state index is -0.893. The highest BCUT2D eigenvalue weighted by atomic mass is 79.9. The van der Waals surface area contributed by atoms with Gasteiger partial charge in [-0.3, -0.25) is 0 Å². The molecule has 0 amide bonds. The topological polar surface area (TPSA) is 52.6 Å². The number of hydrogen-bond acceptors (Lipinski definition) is 3. The number of piperidine rings is 1. The lowest BCUT2D eigenvalue weighted by molar-refractivity contribution is 0.0697. The molecule has 4 nitrogen and oxygen atoms in total. The fourth-order valence-corrected chi connectivity index (χ4v) is 2.81. The maximum Gasteiger partial charge on any atom is 0.335 e. The standard InChI is InChI=1S/C14H19BrN2O2/c1-17-6-4-12(5-7-17)16-9-11-3-2-10(14(18)19)8-13(11)15/h2-3,8,12,16H,4-7,9H2,1H3,(H,18,19). The number of benzene rings is 1. The van der Waals surface area contributed by atoms with Gasteiger partial charge in [-0.15, -0.1) is 0 Å². The molecule has 0 radical (unpaired) electrons. The summed E-state index contributed by atoms with van der Waals surface area (Å²) in [6.45, 7) is 3.04. The zero-order valence-corrected chi connectivity index (χ0v) is 12.6. The Labute approximate surface area is 121 Å². The van der Waals surface area contributed by atoms with E-state index in [9.17, 15) is 4.79 Å². The summed E-state index contributed by atoms with van der Waals surface area (Å²) in [4.78, 5) is 13.2. The minimum absolute atomic E-state index is 0.315. The molecule has 0 aromatic heterocycles. The Balaban J connectivity index is 1.91. The van der Waals surface area contributed by atoms with Crippen molar-refractivity contribution in [3.05, 3.63) is 33.8 Å². The van der Waals surface area contributed by atoms with Gasteiger partial charge in [0.05, 0.1) is 5.56 Å². The first kappa shape index (κ1) is 14.5. The van der Waals surface area contributed by atoms with Crippen molar-refractivity contribution in [1.82, 2.24) is 10.2 Å². The van der Waals surface area contributed by atoms with Gasteiger partial charge in [-0.05, 0) is 50.7 Å². The summed E-state index contributed by atoms with van der Waals surface area (Å²) in [5.74, 6) is -0.893. The molecule has 104 valence electrons. The predicted octanol–water partition coefficient (Wildman–Crippen LogP) is 2.33. The third-order valence-corrected chi connectivity index (χ3v) is 4.34. The lowest BCUT2D eigenvalue weighted by Crippen LogP contribution is -2.40. The van der Waals surface area contributed by atoms with E-state index in [0.717, 1.165) is 29.7 Å².